The van der Waals surface area contributed by atoms with Gasteiger partial charge in [-0.05, 0) is 32.9 Å². The third-order valence-electron chi connectivity index (χ3n) is 2.40. The van der Waals surface area contributed by atoms with Gasteiger partial charge >= 0.3 is 0 Å². The van der Waals surface area contributed by atoms with Crippen LogP contribution in [0.1, 0.15) is 26.3 Å². The molecule has 1 aromatic carbocycles. The van der Waals surface area contributed by atoms with Gasteiger partial charge in [0.1, 0.15) is 6.07 Å². The number of para-hydroxylation sites is 1. The molecular weight excluding hydrogens is 212 g/mol. The molecule has 0 atom stereocenters. The minimum Gasteiger partial charge on any atom is -0.374 e. The lowest BCUT2D eigenvalue weighted by molar-refractivity contribution is 0.00168. The first kappa shape index (κ1) is 13.5. The van der Waals surface area contributed by atoms with Crippen molar-refractivity contribution in [2.45, 2.75) is 26.4 Å². The number of rotatable bonds is 4. The van der Waals surface area contributed by atoms with Crippen LogP contribution in [0.4, 0.5) is 5.69 Å². The quantitative estimate of drug-likeness (QED) is 0.801. The summed E-state index contributed by atoms with van der Waals surface area (Å²) < 4.78 is 5.67. The topological polar surface area (TPSA) is 36.3 Å². The van der Waals surface area contributed by atoms with Gasteiger partial charge < -0.3 is 9.64 Å². The fourth-order valence-electron chi connectivity index (χ4n) is 1.51. The molecule has 0 amide bonds. The van der Waals surface area contributed by atoms with Crippen LogP contribution >= 0.6 is 0 Å². The number of nitrogens with zero attached hydrogens (tertiary/aromatic N) is 2. The van der Waals surface area contributed by atoms with Gasteiger partial charge in [-0.3, -0.25) is 0 Å². The molecule has 3 nitrogen and oxygen atoms in total. The summed E-state index contributed by atoms with van der Waals surface area (Å²) in [5.41, 5.74) is 1.54. The Balaban J connectivity index is 2.59. The van der Waals surface area contributed by atoms with E-state index < -0.39 is 0 Å². The summed E-state index contributed by atoms with van der Waals surface area (Å²) in [6.45, 7) is 7.54. The first-order chi connectivity index (χ1) is 7.94. The van der Waals surface area contributed by atoms with Gasteiger partial charge in [0.25, 0.3) is 0 Å². The van der Waals surface area contributed by atoms with E-state index in [9.17, 15) is 0 Å². The van der Waals surface area contributed by atoms with E-state index in [1.807, 2.05) is 57.0 Å². The Morgan fingerprint density at radius 3 is 2.53 bits per heavy atom. The van der Waals surface area contributed by atoms with Crippen molar-refractivity contribution in [3.05, 3.63) is 29.8 Å². The Hall–Kier alpha value is -1.53. The summed E-state index contributed by atoms with van der Waals surface area (Å²) in [6.07, 6.45) is 0. The lowest BCUT2D eigenvalue weighted by Crippen LogP contribution is -2.28. The molecule has 0 heterocycles. The molecule has 0 aliphatic heterocycles. The predicted molar refractivity (Wildman–Crippen MR) is 70.1 cm³/mol. The molecule has 17 heavy (non-hydrogen) atoms. The molecule has 0 bridgehead atoms. The number of anilines is 1. The molecule has 1 rings (SSSR count). The second-order valence-corrected chi connectivity index (χ2v) is 5.01. The number of ether oxygens (including phenoxy) is 1. The van der Waals surface area contributed by atoms with Gasteiger partial charge in [0, 0.05) is 13.6 Å². The molecule has 0 spiro atoms. The monoisotopic (exact) mass is 232 g/mol. The Kier molecular flexibility index (Phi) is 4.53. The van der Waals surface area contributed by atoms with Crippen molar-refractivity contribution in [3.8, 4) is 6.07 Å². The molecule has 0 aliphatic carbocycles. The lowest BCUT2D eigenvalue weighted by Gasteiger charge is -2.24. The number of likely N-dealkylation sites (N-methyl/N-ethyl adjacent to an activating group) is 1. The maximum absolute atomic E-state index is 9.01. The average Bonchev–Trinajstić information content (AvgIpc) is 2.27. The smallest absolute Gasteiger partial charge is 0.101 e. The Morgan fingerprint density at radius 2 is 1.94 bits per heavy atom. The van der Waals surface area contributed by atoms with Crippen molar-refractivity contribution in [1.29, 1.82) is 5.26 Å². The number of nitriles is 1. The molecule has 0 unspecified atom stereocenters. The summed E-state index contributed by atoms with van der Waals surface area (Å²) in [4.78, 5) is 2.05. The second-order valence-electron chi connectivity index (χ2n) is 5.01. The van der Waals surface area contributed by atoms with Gasteiger partial charge in [0.05, 0.1) is 23.5 Å². The average molecular weight is 232 g/mol. The minimum atomic E-state index is -0.115. The summed E-state index contributed by atoms with van der Waals surface area (Å²) in [7, 11) is 1.97. The van der Waals surface area contributed by atoms with Crippen molar-refractivity contribution in [2.75, 3.05) is 25.1 Å². The molecule has 0 saturated carbocycles. The predicted octanol–water partition coefficient (Wildman–Crippen LogP) is 2.81. The Labute approximate surface area is 104 Å². The normalized spacial score (nSPS) is 11.0. The second kappa shape index (κ2) is 5.70. The van der Waals surface area contributed by atoms with Gasteiger partial charge in [-0.15, -0.1) is 0 Å². The van der Waals surface area contributed by atoms with Crippen LogP contribution in [0.5, 0.6) is 0 Å². The van der Waals surface area contributed by atoms with E-state index >= 15 is 0 Å². The summed E-state index contributed by atoms with van der Waals surface area (Å²) >= 11 is 0. The van der Waals surface area contributed by atoms with Gasteiger partial charge in [-0.25, -0.2) is 0 Å². The molecular formula is C14H20N2O. The molecule has 92 valence electrons. The molecule has 0 saturated heterocycles. The van der Waals surface area contributed by atoms with E-state index in [0.717, 1.165) is 12.2 Å². The van der Waals surface area contributed by atoms with E-state index in [1.54, 1.807) is 0 Å². The van der Waals surface area contributed by atoms with Crippen LogP contribution in [0.2, 0.25) is 0 Å². The number of benzene rings is 1. The van der Waals surface area contributed by atoms with Crippen LogP contribution in [0.15, 0.2) is 24.3 Å². The zero-order valence-corrected chi connectivity index (χ0v) is 11.0. The van der Waals surface area contributed by atoms with Crippen LogP contribution in [0.25, 0.3) is 0 Å². The highest BCUT2D eigenvalue weighted by Crippen LogP contribution is 2.18. The van der Waals surface area contributed by atoms with E-state index in [1.165, 1.54) is 0 Å². The van der Waals surface area contributed by atoms with E-state index in [2.05, 4.69) is 6.07 Å². The molecule has 0 fully saturated rings. The zero-order chi connectivity index (χ0) is 12.9. The van der Waals surface area contributed by atoms with Crippen LogP contribution in [-0.4, -0.2) is 25.8 Å². The van der Waals surface area contributed by atoms with E-state index in [0.29, 0.717) is 12.2 Å². The third-order valence-corrected chi connectivity index (χ3v) is 2.40. The van der Waals surface area contributed by atoms with E-state index in [-0.39, 0.29) is 5.60 Å². The molecule has 0 aliphatic rings. The molecule has 1 aromatic rings. The van der Waals surface area contributed by atoms with Crippen molar-refractivity contribution >= 4 is 5.69 Å². The summed E-state index contributed by atoms with van der Waals surface area (Å²) in [5, 5.41) is 9.01. The van der Waals surface area contributed by atoms with Gasteiger partial charge in [0.2, 0.25) is 0 Å². The molecule has 0 radical (unpaired) electrons. The van der Waals surface area contributed by atoms with E-state index in [4.69, 9.17) is 10.00 Å². The van der Waals surface area contributed by atoms with Gasteiger partial charge in [-0.1, -0.05) is 12.1 Å². The first-order valence-corrected chi connectivity index (χ1v) is 5.78. The largest absolute Gasteiger partial charge is 0.374 e. The molecule has 0 N–H and O–H groups in total. The highest BCUT2D eigenvalue weighted by atomic mass is 16.5. The van der Waals surface area contributed by atoms with Crippen LogP contribution in [0, 0.1) is 11.3 Å². The molecule has 0 aromatic heterocycles. The van der Waals surface area contributed by atoms with Crippen LogP contribution in [-0.2, 0) is 4.74 Å². The highest BCUT2D eigenvalue weighted by molar-refractivity contribution is 5.58. The lowest BCUT2D eigenvalue weighted by atomic mass is 10.2. The van der Waals surface area contributed by atoms with Crippen molar-refractivity contribution in [1.82, 2.24) is 0 Å². The standard InChI is InChI=1S/C14H20N2O/c1-14(2,3)17-10-9-16(4)13-8-6-5-7-12(13)11-15/h5-8H,9-10H2,1-4H3. The van der Waals surface area contributed by atoms with Crippen molar-refractivity contribution < 1.29 is 4.74 Å². The Morgan fingerprint density at radius 1 is 1.29 bits per heavy atom. The summed E-state index contributed by atoms with van der Waals surface area (Å²) in [5.74, 6) is 0. The van der Waals surface area contributed by atoms with Crippen molar-refractivity contribution in [2.24, 2.45) is 0 Å². The fourth-order valence-corrected chi connectivity index (χ4v) is 1.51. The summed E-state index contributed by atoms with van der Waals surface area (Å²) in [6, 6.07) is 9.80. The Bertz CT molecular complexity index is 401. The van der Waals surface area contributed by atoms with Crippen LogP contribution in [0.3, 0.4) is 0 Å². The zero-order valence-electron chi connectivity index (χ0n) is 11.0. The maximum Gasteiger partial charge on any atom is 0.101 e. The first-order valence-electron chi connectivity index (χ1n) is 5.78. The molecule has 3 heteroatoms. The number of hydrogen-bond acceptors (Lipinski definition) is 3. The number of hydrogen-bond donors (Lipinski definition) is 0. The third kappa shape index (κ3) is 4.46. The highest BCUT2D eigenvalue weighted by Gasteiger charge is 2.11. The maximum atomic E-state index is 9.01. The van der Waals surface area contributed by atoms with Gasteiger partial charge in [0.15, 0.2) is 0 Å². The van der Waals surface area contributed by atoms with Crippen molar-refractivity contribution in [3.63, 3.8) is 0 Å². The fraction of sp³-hybridized carbons (Fsp3) is 0.500. The SMILES string of the molecule is CN(CCOC(C)(C)C)c1ccccc1C#N. The minimum absolute atomic E-state index is 0.115. The van der Waals surface area contributed by atoms with Crippen LogP contribution < -0.4 is 4.90 Å². The van der Waals surface area contributed by atoms with Gasteiger partial charge in [-0.2, -0.15) is 5.26 Å².